The van der Waals surface area contributed by atoms with Gasteiger partial charge in [0, 0.05) is 6.54 Å². The van der Waals surface area contributed by atoms with Crippen molar-refractivity contribution in [2.24, 2.45) is 5.73 Å². The molecule has 2 aromatic rings. The van der Waals surface area contributed by atoms with E-state index in [-0.39, 0.29) is 0 Å². The lowest BCUT2D eigenvalue weighted by molar-refractivity contribution is 0.574. The number of rotatable bonds is 2. The molecule has 0 aromatic carbocycles. The molecule has 0 bridgehead atoms. The Kier molecular flexibility index (Phi) is 2.35. The maximum Gasteiger partial charge on any atom is 0.236 e. The number of thiophene rings is 1. The third-order valence-electron chi connectivity index (χ3n) is 1.54. The Morgan fingerprint density at radius 2 is 2.38 bits per heavy atom. The van der Waals surface area contributed by atoms with Gasteiger partial charge in [-0.15, -0.1) is 11.3 Å². The Morgan fingerprint density at radius 3 is 2.92 bits per heavy atom. The van der Waals surface area contributed by atoms with E-state index in [4.69, 9.17) is 21.8 Å². The minimum atomic E-state index is 0.391. The van der Waals surface area contributed by atoms with Crippen LogP contribution in [-0.4, -0.2) is 4.98 Å². The summed E-state index contributed by atoms with van der Waals surface area (Å²) < 4.78 is 5.94. The standard InChI is InChI=1S/C8H7ClN2OS/c9-7-2-1-6(13-7)8-11-5(3-10)4-12-8/h1-2,4H,3,10H2. The molecule has 2 aromatic heterocycles. The minimum absolute atomic E-state index is 0.391. The van der Waals surface area contributed by atoms with E-state index >= 15 is 0 Å². The van der Waals surface area contributed by atoms with Crippen molar-refractivity contribution < 1.29 is 4.42 Å². The largest absolute Gasteiger partial charge is 0.444 e. The number of aromatic nitrogens is 1. The van der Waals surface area contributed by atoms with Crippen LogP contribution < -0.4 is 5.73 Å². The van der Waals surface area contributed by atoms with Gasteiger partial charge in [-0.05, 0) is 12.1 Å². The quantitative estimate of drug-likeness (QED) is 0.836. The summed E-state index contributed by atoms with van der Waals surface area (Å²) >= 11 is 7.21. The minimum Gasteiger partial charge on any atom is -0.444 e. The summed E-state index contributed by atoms with van der Waals surface area (Å²) in [6.45, 7) is 0.391. The number of hydrogen-bond donors (Lipinski definition) is 1. The lowest BCUT2D eigenvalue weighted by Gasteiger charge is -1.85. The molecule has 0 unspecified atom stereocenters. The van der Waals surface area contributed by atoms with Crippen LogP contribution in [0.4, 0.5) is 0 Å². The van der Waals surface area contributed by atoms with Gasteiger partial charge in [0.2, 0.25) is 5.89 Å². The predicted octanol–water partition coefficient (Wildman–Crippen LogP) is 2.52. The number of halogens is 1. The molecule has 68 valence electrons. The summed E-state index contributed by atoms with van der Waals surface area (Å²) in [5.74, 6) is 0.581. The molecule has 0 atom stereocenters. The lowest BCUT2D eigenvalue weighted by atomic mass is 10.4. The van der Waals surface area contributed by atoms with E-state index in [1.807, 2.05) is 12.1 Å². The van der Waals surface area contributed by atoms with Crippen LogP contribution in [0.1, 0.15) is 5.69 Å². The summed E-state index contributed by atoms with van der Waals surface area (Å²) in [6, 6.07) is 3.69. The van der Waals surface area contributed by atoms with E-state index in [1.54, 1.807) is 6.26 Å². The van der Waals surface area contributed by atoms with Gasteiger partial charge >= 0.3 is 0 Å². The summed E-state index contributed by atoms with van der Waals surface area (Å²) in [5, 5.41) is 0. The highest BCUT2D eigenvalue weighted by molar-refractivity contribution is 7.19. The van der Waals surface area contributed by atoms with Crippen LogP contribution in [0.3, 0.4) is 0 Å². The van der Waals surface area contributed by atoms with E-state index < -0.39 is 0 Å². The van der Waals surface area contributed by atoms with Crippen molar-refractivity contribution in [1.82, 2.24) is 4.98 Å². The monoisotopic (exact) mass is 214 g/mol. The molecule has 5 heteroatoms. The second-order valence-electron chi connectivity index (χ2n) is 2.45. The van der Waals surface area contributed by atoms with Crippen LogP contribution in [0.25, 0.3) is 10.8 Å². The molecule has 0 aliphatic heterocycles. The van der Waals surface area contributed by atoms with Crippen LogP contribution in [0, 0.1) is 0 Å². The molecule has 2 N–H and O–H groups in total. The van der Waals surface area contributed by atoms with Crippen LogP contribution >= 0.6 is 22.9 Å². The highest BCUT2D eigenvalue weighted by Gasteiger charge is 2.07. The van der Waals surface area contributed by atoms with Crippen molar-refractivity contribution in [3.8, 4) is 10.8 Å². The summed E-state index contributed by atoms with van der Waals surface area (Å²) in [5.41, 5.74) is 6.15. The zero-order valence-corrected chi connectivity index (χ0v) is 8.23. The fourth-order valence-corrected chi connectivity index (χ4v) is 1.92. The van der Waals surface area contributed by atoms with Crippen LogP contribution in [0.15, 0.2) is 22.8 Å². The fraction of sp³-hybridized carbons (Fsp3) is 0.125. The highest BCUT2D eigenvalue weighted by Crippen LogP contribution is 2.30. The Labute approximate surface area is 84.2 Å². The molecule has 0 fully saturated rings. The molecule has 0 aliphatic rings. The molecule has 2 heterocycles. The van der Waals surface area contributed by atoms with Crippen molar-refractivity contribution in [3.63, 3.8) is 0 Å². The van der Waals surface area contributed by atoms with Gasteiger partial charge in [0.15, 0.2) is 0 Å². The predicted molar refractivity (Wildman–Crippen MR) is 52.7 cm³/mol. The van der Waals surface area contributed by atoms with Gasteiger partial charge in [0.25, 0.3) is 0 Å². The van der Waals surface area contributed by atoms with Gasteiger partial charge < -0.3 is 10.2 Å². The first-order valence-corrected chi connectivity index (χ1v) is 4.89. The zero-order chi connectivity index (χ0) is 9.26. The Balaban J connectivity index is 2.35. The second-order valence-corrected chi connectivity index (χ2v) is 4.17. The molecule has 0 spiro atoms. The molecule has 0 amide bonds. The molecule has 0 aliphatic carbocycles. The van der Waals surface area contributed by atoms with Gasteiger partial charge in [0.05, 0.1) is 14.9 Å². The van der Waals surface area contributed by atoms with E-state index in [0.717, 1.165) is 14.9 Å². The number of nitrogens with two attached hydrogens (primary N) is 1. The number of hydrogen-bond acceptors (Lipinski definition) is 4. The molecule has 2 rings (SSSR count). The van der Waals surface area contributed by atoms with Crippen molar-refractivity contribution in [1.29, 1.82) is 0 Å². The molecule has 13 heavy (non-hydrogen) atoms. The number of nitrogens with zero attached hydrogens (tertiary/aromatic N) is 1. The molecule has 0 saturated heterocycles. The molecule has 0 saturated carbocycles. The fourth-order valence-electron chi connectivity index (χ4n) is 0.943. The average molecular weight is 215 g/mol. The smallest absolute Gasteiger partial charge is 0.236 e. The summed E-state index contributed by atoms with van der Waals surface area (Å²) in [6.07, 6.45) is 1.56. The summed E-state index contributed by atoms with van der Waals surface area (Å²) in [7, 11) is 0. The van der Waals surface area contributed by atoms with E-state index in [9.17, 15) is 0 Å². The van der Waals surface area contributed by atoms with Gasteiger partial charge in [-0.1, -0.05) is 11.6 Å². The highest BCUT2D eigenvalue weighted by atomic mass is 35.5. The SMILES string of the molecule is NCc1coc(-c2ccc(Cl)s2)n1. The molecule has 0 radical (unpaired) electrons. The van der Waals surface area contributed by atoms with Gasteiger partial charge in [-0.3, -0.25) is 0 Å². The maximum atomic E-state index is 5.78. The maximum absolute atomic E-state index is 5.78. The van der Waals surface area contributed by atoms with Gasteiger partial charge in [-0.25, -0.2) is 4.98 Å². The van der Waals surface area contributed by atoms with Crippen LogP contribution in [0.2, 0.25) is 4.34 Å². The lowest BCUT2D eigenvalue weighted by Crippen LogP contribution is -1.95. The van der Waals surface area contributed by atoms with Crippen molar-refractivity contribution in [2.45, 2.75) is 6.54 Å². The van der Waals surface area contributed by atoms with E-state index in [0.29, 0.717) is 12.4 Å². The van der Waals surface area contributed by atoms with Gasteiger partial charge in [0.1, 0.15) is 6.26 Å². The third-order valence-corrected chi connectivity index (χ3v) is 2.76. The first-order chi connectivity index (χ1) is 6.29. The third kappa shape index (κ3) is 1.75. The van der Waals surface area contributed by atoms with Crippen molar-refractivity contribution in [3.05, 3.63) is 28.4 Å². The Bertz CT molecular complexity index is 410. The molecular weight excluding hydrogens is 208 g/mol. The Morgan fingerprint density at radius 1 is 1.54 bits per heavy atom. The first kappa shape index (κ1) is 8.74. The van der Waals surface area contributed by atoms with Crippen molar-refractivity contribution in [2.75, 3.05) is 0 Å². The number of oxazole rings is 1. The second kappa shape index (κ2) is 3.49. The van der Waals surface area contributed by atoms with Gasteiger partial charge in [-0.2, -0.15) is 0 Å². The first-order valence-electron chi connectivity index (χ1n) is 3.70. The molecular formula is C8H7ClN2OS. The topological polar surface area (TPSA) is 52.0 Å². The average Bonchev–Trinajstić information content (AvgIpc) is 2.71. The van der Waals surface area contributed by atoms with Crippen LogP contribution in [0.5, 0.6) is 0 Å². The zero-order valence-electron chi connectivity index (χ0n) is 6.66. The van der Waals surface area contributed by atoms with Crippen LogP contribution in [-0.2, 0) is 6.54 Å². The normalized spacial score (nSPS) is 10.6. The van der Waals surface area contributed by atoms with E-state index in [1.165, 1.54) is 11.3 Å². The van der Waals surface area contributed by atoms with Crippen molar-refractivity contribution >= 4 is 22.9 Å². The molecule has 3 nitrogen and oxygen atoms in total. The van der Waals surface area contributed by atoms with E-state index in [2.05, 4.69) is 4.98 Å². The summed E-state index contributed by atoms with van der Waals surface area (Å²) in [4.78, 5) is 5.09. The Hall–Kier alpha value is -0.840.